The number of carbonyl (C=O) groups is 1. The predicted octanol–water partition coefficient (Wildman–Crippen LogP) is 3.89. The average Bonchev–Trinajstić information content (AvgIpc) is 2.76. The Kier molecular flexibility index (Phi) is 5.36. The van der Waals surface area contributed by atoms with Crippen molar-refractivity contribution in [3.05, 3.63) is 64.7 Å². The molecule has 0 bridgehead atoms. The molecule has 0 fully saturated rings. The highest BCUT2D eigenvalue weighted by molar-refractivity contribution is 8.14. The first-order valence-electron chi connectivity index (χ1n) is 9.47. The molecule has 2 aliphatic rings. The summed E-state index contributed by atoms with van der Waals surface area (Å²) in [6.45, 7) is 0.896. The molecule has 1 amide bonds. The minimum Gasteiger partial charge on any atom is -0.326 e. The third kappa shape index (κ3) is 3.76. The van der Waals surface area contributed by atoms with Gasteiger partial charge in [0.25, 0.3) is 0 Å². The predicted molar refractivity (Wildman–Crippen MR) is 118 cm³/mol. The van der Waals surface area contributed by atoms with Crippen LogP contribution < -0.4 is 4.90 Å². The number of fused-ring (bicyclic) bond motifs is 1. The monoisotopic (exact) mass is 403 g/mol. The molecule has 7 heteroatoms. The van der Waals surface area contributed by atoms with E-state index in [9.17, 15) is 4.79 Å². The third-order valence-corrected chi connectivity index (χ3v) is 6.07. The summed E-state index contributed by atoms with van der Waals surface area (Å²) >= 11 is 1.28. The molecule has 0 unspecified atom stereocenters. The van der Waals surface area contributed by atoms with E-state index in [4.69, 9.17) is 5.26 Å². The number of amidine groups is 1. The van der Waals surface area contributed by atoms with Gasteiger partial charge in [0.05, 0.1) is 17.3 Å². The number of benzene rings is 2. The molecule has 0 atom stereocenters. The fraction of sp³-hybridized carbons (Fsp3) is 0.273. The van der Waals surface area contributed by atoms with Crippen LogP contribution in [0.25, 0.3) is 0 Å². The Morgan fingerprint density at radius 2 is 2.03 bits per heavy atom. The Bertz CT molecular complexity index is 1050. The van der Waals surface area contributed by atoms with E-state index in [2.05, 4.69) is 39.3 Å². The van der Waals surface area contributed by atoms with Crippen molar-refractivity contribution in [1.82, 2.24) is 5.01 Å². The minimum atomic E-state index is -0.0240. The van der Waals surface area contributed by atoms with Crippen molar-refractivity contribution in [2.24, 2.45) is 10.1 Å². The lowest BCUT2D eigenvalue weighted by Crippen LogP contribution is -2.36. The van der Waals surface area contributed by atoms with Crippen LogP contribution in [0, 0.1) is 11.3 Å². The summed E-state index contributed by atoms with van der Waals surface area (Å²) in [5.74, 6) is 1.50. The van der Waals surface area contributed by atoms with E-state index in [0.717, 1.165) is 47.7 Å². The molecular formula is C22H21N5OS. The topological polar surface area (TPSA) is 72.1 Å². The summed E-state index contributed by atoms with van der Waals surface area (Å²) in [7, 11) is 3.49. The summed E-state index contributed by atoms with van der Waals surface area (Å²) in [6.07, 6.45) is 2.03. The Morgan fingerprint density at radius 1 is 1.24 bits per heavy atom. The summed E-state index contributed by atoms with van der Waals surface area (Å²) in [5, 5.41) is 14.9. The molecule has 2 aromatic carbocycles. The van der Waals surface area contributed by atoms with Gasteiger partial charge in [-0.1, -0.05) is 17.8 Å². The molecule has 0 saturated heterocycles. The Morgan fingerprint density at radius 3 is 2.72 bits per heavy atom. The molecule has 0 aromatic heterocycles. The maximum absolute atomic E-state index is 11.7. The number of aryl methyl sites for hydroxylation is 1. The zero-order valence-electron chi connectivity index (χ0n) is 16.4. The molecule has 29 heavy (non-hydrogen) atoms. The number of hydrogen-bond donors (Lipinski definition) is 0. The van der Waals surface area contributed by atoms with Crippen LogP contribution in [0.2, 0.25) is 0 Å². The maximum Gasteiger partial charge on any atom is 0.301 e. The largest absolute Gasteiger partial charge is 0.326 e. The Labute approximate surface area is 174 Å². The highest BCUT2D eigenvalue weighted by Crippen LogP contribution is 2.31. The number of thioether (sulfide) groups is 1. The van der Waals surface area contributed by atoms with Crippen molar-refractivity contribution >= 4 is 34.2 Å². The van der Waals surface area contributed by atoms with Crippen molar-refractivity contribution in [1.29, 1.82) is 5.26 Å². The van der Waals surface area contributed by atoms with Crippen LogP contribution in [0.15, 0.2) is 52.6 Å². The van der Waals surface area contributed by atoms with Gasteiger partial charge in [-0.15, -0.1) is 0 Å². The molecule has 2 aromatic rings. The van der Waals surface area contributed by atoms with E-state index in [-0.39, 0.29) is 5.24 Å². The number of hydrogen-bond acceptors (Lipinski definition) is 5. The zero-order chi connectivity index (χ0) is 20.4. The standard InChI is InChI=1S/C22H21N5OS/c1-24-21(16-7-5-15(13-23)6-8-16)27-11-3-4-18-12-17(9-10-20(18)27)19-14-29-22(28)26(2)25-19/h5-10,12H,3-4,11,14H2,1-2H3. The van der Waals surface area contributed by atoms with Gasteiger partial charge in [-0.25, -0.2) is 5.01 Å². The Hall–Kier alpha value is -3.11. The smallest absolute Gasteiger partial charge is 0.301 e. The van der Waals surface area contributed by atoms with E-state index >= 15 is 0 Å². The summed E-state index contributed by atoms with van der Waals surface area (Å²) in [6, 6.07) is 16.1. The van der Waals surface area contributed by atoms with E-state index in [0.29, 0.717) is 11.3 Å². The Balaban J connectivity index is 1.67. The van der Waals surface area contributed by atoms with Gasteiger partial charge in [0, 0.05) is 37.6 Å². The van der Waals surface area contributed by atoms with E-state index < -0.39 is 0 Å². The van der Waals surface area contributed by atoms with Crippen molar-refractivity contribution in [3.8, 4) is 6.07 Å². The number of nitriles is 1. The summed E-state index contributed by atoms with van der Waals surface area (Å²) in [4.78, 5) is 18.5. The average molecular weight is 404 g/mol. The number of aliphatic imine (C=N–C) groups is 1. The highest BCUT2D eigenvalue weighted by atomic mass is 32.2. The first kappa shape index (κ1) is 19.2. The molecule has 2 heterocycles. The first-order chi connectivity index (χ1) is 14.1. The molecule has 4 rings (SSSR count). The van der Waals surface area contributed by atoms with Crippen LogP contribution in [-0.4, -0.2) is 48.2 Å². The number of rotatable bonds is 2. The molecule has 0 N–H and O–H groups in total. The molecule has 0 saturated carbocycles. The SMILES string of the molecule is CN=C(c1ccc(C#N)cc1)N1CCCc2cc(C3=NN(C)C(=O)SC3)ccc21. The molecule has 6 nitrogen and oxygen atoms in total. The lowest BCUT2D eigenvalue weighted by molar-refractivity contribution is 0.235. The van der Waals surface area contributed by atoms with Gasteiger partial charge in [-0.05, 0) is 60.4 Å². The fourth-order valence-electron chi connectivity index (χ4n) is 3.71. The lowest BCUT2D eigenvalue weighted by Gasteiger charge is -2.33. The fourth-order valence-corrected chi connectivity index (χ4v) is 4.42. The van der Waals surface area contributed by atoms with Gasteiger partial charge in [0.15, 0.2) is 0 Å². The second kappa shape index (κ2) is 8.10. The van der Waals surface area contributed by atoms with Crippen LogP contribution in [0.4, 0.5) is 10.5 Å². The van der Waals surface area contributed by atoms with E-state index in [1.807, 2.05) is 24.3 Å². The molecule has 146 valence electrons. The van der Waals surface area contributed by atoms with Gasteiger partial charge in [0.1, 0.15) is 5.84 Å². The molecular weight excluding hydrogens is 382 g/mol. The number of anilines is 1. The van der Waals surface area contributed by atoms with Crippen LogP contribution in [-0.2, 0) is 6.42 Å². The zero-order valence-corrected chi connectivity index (χ0v) is 17.2. The molecule has 0 spiro atoms. The molecule has 0 radical (unpaired) electrons. The van der Waals surface area contributed by atoms with E-state index in [1.165, 1.54) is 22.3 Å². The van der Waals surface area contributed by atoms with Gasteiger partial charge < -0.3 is 4.90 Å². The minimum absolute atomic E-state index is 0.0240. The highest BCUT2D eigenvalue weighted by Gasteiger charge is 2.24. The summed E-state index contributed by atoms with van der Waals surface area (Å²) in [5.41, 5.74) is 6.03. The third-order valence-electron chi connectivity index (χ3n) is 5.14. The van der Waals surface area contributed by atoms with Crippen molar-refractivity contribution < 1.29 is 4.79 Å². The molecule has 0 aliphatic carbocycles. The lowest BCUT2D eigenvalue weighted by atomic mass is 9.97. The second-order valence-corrected chi connectivity index (χ2v) is 7.89. The number of amides is 1. The van der Waals surface area contributed by atoms with Gasteiger partial charge in [0.2, 0.25) is 0 Å². The van der Waals surface area contributed by atoms with E-state index in [1.54, 1.807) is 14.1 Å². The second-order valence-electron chi connectivity index (χ2n) is 6.96. The number of hydrazone groups is 1. The number of nitrogens with zero attached hydrogens (tertiary/aromatic N) is 5. The first-order valence-corrected chi connectivity index (χ1v) is 10.5. The molecule has 2 aliphatic heterocycles. The summed E-state index contributed by atoms with van der Waals surface area (Å²) < 4.78 is 0. The van der Waals surface area contributed by atoms with Crippen LogP contribution >= 0.6 is 11.8 Å². The quantitative estimate of drug-likeness (QED) is 0.563. The number of carbonyl (C=O) groups excluding carboxylic acids is 1. The van der Waals surface area contributed by atoms with Crippen LogP contribution in [0.5, 0.6) is 0 Å². The van der Waals surface area contributed by atoms with Crippen LogP contribution in [0.3, 0.4) is 0 Å². The van der Waals surface area contributed by atoms with Gasteiger partial charge in [-0.2, -0.15) is 10.4 Å². The van der Waals surface area contributed by atoms with Gasteiger partial charge >= 0.3 is 5.24 Å². The maximum atomic E-state index is 11.7. The van der Waals surface area contributed by atoms with Crippen molar-refractivity contribution in [3.63, 3.8) is 0 Å². The van der Waals surface area contributed by atoms with Crippen molar-refractivity contribution in [2.45, 2.75) is 12.8 Å². The van der Waals surface area contributed by atoms with Crippen molar-refractivity contribution in [2.75, 3.05) is 31.3 Å². The van der Waals surface area contributed by atoms with Gasteiger partial charge in [-0.3, -0.25) is 9.79 Å². The normalized spacial score (nSPS) is 16.9. The van der Waals surface area contributed by atoms with Crippen LogP contribution in [0.1, 0.15) is 28.7 Å².